The third-order valence-electron chi connectivity index (χ3n) is 5.30. The van der Waals surface area contributed by atoms with E-state index in [4.69, 9.17) is 14.2 Å². The molecule has 0 atom stereocenters. The molecule has 2 aromatic rings. The monoisotopic (exact) mass is 430 g/mol. The maximum Gasteiger partial charge on any atom is 0.354 e. The Hall–Kier alpha value is -3.13. The van der Waals surface area contributed by atoms with Gasteiger partial charge in [-0.2, -0.15) is 0 Å². The standard InChI is InChI=1S/C23H30N2O6/c1-15-20(16(2)24(3)21(15)23(28)31-6)19(26)14-25(11-8-12-29-4)22(27)17-9-7-10-18(13-17)30-5/h7,9-10,13H,8,11-12,14H2,1-6H3. The van der Waals surface area contributed by atoms with Gasteiger partial charge in [0, 0.05) is 44.1 Å². The second-order valence-corrected chi connectivity index (χ2v) is 7.21. The maximum absolute atomic E-state index is 13.2. The molecule has 1 aromatic carbocycles. The minimum absolute atomic E-state index is 0.119. The lowest BCUT2D eigenvalue weighted by Crippen LogP contribution is -2.37. The van der Waals surface area contributed by atoms with E-state index in [-0.39, 0.29) is 18.2 Å². The van der Waals surface area contributed by atoms with E-state index in [1.807, 2.05) is 0 Å². The summed E-state index contributed by atoms with van der Waals surface area (Å²) >= 11 is 0. The van der Waals surface area contributed by atoms with Crippen LogP contribution >= 0.6 is 0 Å². The SMILES string of the molecule is COCCCN(CC(=O)c1c(C)c(C(=O)OC)n(C)c1C)C(=O)c1cccc(OC)c1. The molecular weight excluding hydrogens is 400 g/mol. The Bertz CT molecular complexity index is 963. The van der Waals surface area contributed by atoms with E-state index < -0.39 is 5.97 Å². The van der Waals surface area contributed by atoms with Gasteiger partial charge in [-0.05, 0) is 44.0 Å². The first-order chi connectivity index (χ1) is 14.8. The average molecular weight is 431 g/mol. The molecule has 1 heterocycles. The maximum atomic E-state index is 13.2. The normalized spacial score (nSPS) is 10.6. The Labute approximate surface area is 182 Å². The smallest absolute Gasteiger partial charge is 0.354 e. The van der Waals surface area contributed by atoms with Crippen LogP contribution in [0.2, 0.25) is 0 Å². The number of aromatic nitrogens is 1. The molecule has 0 spiro atoms. The molecule has 0 N–H and O–H groups in total. The highest BCUT2D eigenvalue weighted by molar-refractivity contribution is 6.06. The van der Waals surface area contributed by atoms with Gasteiger partial charge in [0.25, 0.3) is 5.91 Å². The van der Waals surface area contributed by atoms with Crippen molar-refractivity contribution in [1.82, 2.24) is 9.47 Å². The van der Waals surface area contributed by atoms with Crippen molar-refractivity contribution in [2.75, 3.05) is 41.0 Å². The van der Waals surface area contributed by atoms with Crippen molar-refractivity contribution in [3.8, 4) is 5.75 Å². The zero-order valence-corrected chi connectivity index (χ0v) is 19.0. The van der Waals surface area contributed by atoms with Crippen LogP contribution in [0.3, 0.4) is 0 Å². The van der Waals surface area contributed by atoms with Gasteiger partial charge in [0.15, 0.2) is 5.78 Å². The summed E-state index contributed by atoms with van der Waals surface area (Å²) in [5, 5.41) is 0. The van der Waals surface area contributed by atoms with Crippen LogP contribution in [0.15, 0.2) is 24.3 Å². The summed E-state index contributed by atoms with van der Waals surface area (Å²) in [7, 11) is 6.13. The Morgan fingerprint density at radius 1 is 1.10 bits per heavy atom. The van der Waals surface area contributed by atoms with Crippen LogP contribution in [0, 0.1) is 13.8 Å². The average Bonchev–Trinajstić information content (AvgIpc) is 3.00. The molecule has 168 valence electrons. The predicted molar refractivity (Wildman–Crippen MR) is 116 cm³/mol. The van der Waals surface area contributed by atoms with Gasteiger partial charge in [-0.25, -0.2) is 4.79 Å². The molecule has 0 aliphatic rings. The number of hydrogen-bond donors (Lipinski definition) is 0. The first-order valence-corrected chi connectivity index (χ1v) is 9.96. The van der Waals surface area contributed by atoms with Crippen LogP contribution in [0.5, 0.6) is 5.75 Å². The van der Waals surface area contributed by atoms with Crippen molar-refractivity contribution in [3.63, 3.8) is 0 Å². The van der Waals surface area contributed by atoms with Gasteiger partial charge >= 0.3 is 5.97 Å². The molecule has 0 aliphatic carbocycles. The molecule has 8 nitrogen and oxygen atoms in total. The van der Waals surface area contributed by atoms with E-state index in [0.29, 0.717) is 53.4 Å². The molecule has 2 rings (SSSR count). The quantitative estimate of drug-likeness (QED) is 0.327. The van der Waals surface area contributed by atoms with E-state index in [1.54, 1.807) is 56.8 Å². The van der Waals surface area contributed by atoms with Gasteiger partial charge in [0.1, 0.15) is 11.4 Å². The zero-order valence-electron chi connectivity index (χ0n) is 19.0. The molecule has 1 aromatic heterocycles. The first-order valence-electron chi connectivity index (χ1n) is 9.96. The van der Waals surface area contributed by atoms with Crippen LogP contribution in [0.4, 0.5) is 0 Å². The number of carbonyl (C=O) groups is 3. The summed E-state index contributed by atoms with van der Waals surface area (Å²) in [4.78, 5) is 40.1. The lowest BCUT2D eigenvalue weighted by molar-refractivity contribution is 0.0588. The van der Waals surface area contributed by atoms with Gasteiger partial charge in [-0.1, -0.05) is 6.07 Å². The molecule has 0 fully saturated rings. The molecule has 1 amide bonds. The number of amides is 1. The van der Waals surface area contributed by atoms with E-state index in [9.17, 15) is 14.4 Å². The van der Waals surface area contributed by atoms with Crippen LogP contribution in [0.25, 0.3) is 0 Å². The summed E-state index contributed by atoms with van der Waals surface area (Å²) < 4.78 is 16.8. The van der Waals surface area contributed by atoms with Gasteiger partial charge in [-0.3, -0.25) is 9.59 Å². The van der Waals surface area contributed by atoms with Crippen molar-refractivity contribution < 1.29 is 28.6 Å². The molecule has 8 heteroatoms. The first kappa shape index (κ1) is 24.1. The van der Waals surface area contributed by atoms with Crippen LogP contribution < -0.4 is 4.74 Å². The molecular formula is C23H30N2O6. The van der Waals surface area contributed by atoms with Gasteiger partial charge < -0.3 is 23.7 Å². The Morgan fingerprint density at radius 3 is 2.42 bits per heavy atom. The zero-order chi connectivity index (χ0) is 23.1. The number of carbonyl (C=O) groups excluding carboxylic acids is 3. The van der Waals surface area contributed by atoms with Crippen molar-refractivity contribution in [2.45, 2.75) is 20.3 Å². The minimum atomic E-state index is -0.508. The number of benzene rings is 1. The van der Waals surface area contributed by atoms with E-state index in [2.05, 4.69) is 0 Å². The summed E-state index contributed by atoms with van der Waals surface area (Å²) in [6, 6.07) is 6.81. The Balaban J connectivity index is 2.35. The number of rotatable bonds is 10. The largest absolute Gasteiger partial charge is 0.497 e. The van der Waals surface area contributed by atoms with Crippen molar-refractivity contribution in [1.29, 1.82) is 0 Å². The van der Waals surface area contributed by atoms with Crippen molar-refractivity contribution in [3.05, 3.63) is 52.3 Å². The van der Waals surface area contributed by atoms with E-state index in [1.165, 1.54) is 19.1 Å². The number of ketones is 1. The molecule has 0 aliphatic heterocycles. The van der Waals surface area contributed by atoms with Gasteiger partial charge in [0.2, 0.25) is 0 Å². The molecule has 0 saturated heterocycles. The second kappa shape index (κ2) is 10.8. The third kappa shape index (κ3) is 5.32. The lowest BCUT2D eigenvalue weighted by Gasteiger charge is -2.22. The summed E-state index contributed by atoms with van der Waals surface area (Å²) in [5.41, 5.74) is 2.38. The summed E-state index contributed by atoms with van der Waals surface area (Å²) in [5.74, 6) is -0.463. The second-order valence-electron chi connectivity index (χ2n) is 7.21. The summed E-state index contributed by atoms with van der Waals surface area (Å²) in [6.45, 7) is 4.18. The number of Topliss-reactive ketones (excluding diaryl/α,β-unsaturated/α-hetero) is 1. The lowest BCUT2D eigenvalue weighted by atomic mass is 10.0. The molecule has 0 unspecified atom stereocenters. The van der Waals surface area contributed by atoms with Crippen LogP contribution in [-0.4, -0.2) is 68.2 Å². The highest BCUT2D eigenvalue weighted by Crippen LogP contribution is 2.23. The van der Waals surface area contributed by atoms with E-state index >= 15 is 0 Å². The highest BCUT2D eigenvalue weighted by Gasteiger charge is 2.27. The number of nitrogens with zero attached hydrogens (tertiary/aromatic N) is 2. The highest BCUT2D eigenvalue weighted by atomic mass is 16.5. The fourth-order valence-electron chi connectivity index (χ4n) is 3.62. The summed E-state index contributed by atoms with van der Waals surface area (Å²) in [6.07, 6.45) is 0.583. The molecule has 31 heavy (non-hydrogen) atoms. The number of ether oxygens (including phenoxy) is 3. The van der Waals surface area contributed by atoms with Crippen LogP contribution in [-0.2, 0) is 16.5 Å². The molecule has 0 saturated carbocycles. The van der Waals surface area contributed by atoms with Gasteiger partial charge in [-0.15, -0.1) is 0 Å². The number of hydrogen-bond acceptors (Lipinski definition) is 6. The fraction of sp³-hybridized carbons (Fsp3) is 0.435. The minimum Gasteiger partial charge on any atom is -0.497 e. The third-order valence-corrected chi connectivity index (χ3v) is 5.30. The molecule has 0 bridgehead atoms. The van der Waals surface area contributed by atoms with E-state index in [0.717, 1.165) is 0 Å². The number of esters is 1. The molecule has 0 radical (unpaired) electrons. The number of methoxy groups -OCH3 is 3. The fourth-order valence-corrected chi connectivity index (χ4v) is 3.62. The topological polar surface area (TPSA) is 87.1 Å². The Kier molecular flexibility index (Phi) is 8.38. The van der Waals surface area contributed by atoms with Crippen LogP contribution in [0.1, 0.15) is 48.9 Å². The van der Waals surface area contributed by atoms with Gasteiger partial charge in [0.05, 0.1) is 20.8 Å². The van der Waals surface area contributed by atoms with Crippen molar-refractivity contribution in [2.24, 2.45) is 7.05 Å². The predicted octanol–water partition coefficient (Wildman–Crippen LogP) is 2.80. The van der Waals surface area contributed by atoms with Crippen molar-refractivity contribution >= 4 is 17.7 Å². The Morgan fingerprint density at radius 2 is 1.81 bits per heavy atom.